The number of rotatable bonds is 7. The van der Waals surface area contributed by atoms with Gasteiger partial charge in [-0.05, 0) is 42.5 Å². The first kappa shape index (κ1) is 17.3. The third kappa shape index (κ3) is 3.75. The molecule has 0 bridgehead atoms. The van der Waals surface area contributed by atoms with Crippen LogP contribution >= 0.6 is 0 Å². The molecule has 1 aromatic heterocycles. The van der Waals surface area contributed by atoms with E-state index in [0.29, 0.717) is 34.5 Å². The van der Waals surface area contributed by atoms with Crippen LogP contribution in [0.4, 0.5) is 0 Å². The lowest BCUT2D eigenvalue weighted by Crippen LogP contribution is -2.10. The van der Waals surface area contributed by atoms with Gasteiger partial charge in [0.05, 0.1) is 14.2 Å². The topological polar surface area (TPSA) is 110 Å². The fraction of sp³-hybridized carbons (Fsp3) is 0.167. The summed E-state index contributed by atoms with van der Waals surface area (Å²) in [5.74, 6) is 1.97. The molecule has 0 aliphatic heterocycles. The van der Waals surface area contributed by atoms with Gasteiger partial charge in [0.25, 0.3) is 5.89 Å². The predicted molar refractivity (Wildman–Crippen MR) is 92.1 cm³/mol. The molecule has 0 fully saturated rings. The van der Waals surface area contributed by atoms with Gasteiger partial charge in [0.2, 0.25) is 11.7 Å². The summed E-state index contributed by atoms with van der Waals surface area (Å²) in [6.45, 7) is 0.0935. The number of amides is 1. The first-order valence-electron chi connectivity index (χ1n) is 7.68. The highest BCUT2D eigenvalue weighted by Gasteiger charge is 2.12. The number of hydrogen-bond donors (Lipinski definition) is 1. The smallest absolute Gasteiger partial charge is 0.264 e. The van der Waals surface area contributed by atoms with Crippen molar-refractivity contribution in [2.24, 2.45) is 5.73 Å². The minimum atomic E-state index is -0.493. The maximum absolute atomic E-state index is 11.0. The molecule has 0 saturated heterocycles. The normalized spacial score (nSPS) is 10.4. The Hall–Kier alpha value is -3.55. The zero-order valence-electron chi connectivity index (χ0n) is 14.3. The van der Waals surface area contributed by atoms with Crippen LogP contribution in [0.3, 0.4) is 0 Å². The van der Waals surface area contributed by atoms with Gasteiger partial charge in [-0.25, -0.2) is 0 Å². The van der Waals surface area contributed by atoms with E-state index in [4.69, 9.17) is 24.5 Å². The number of ether oxygens (including phenoxy) is 3. The molecule has 0 aliphatic carbocycles. The number of carbonyl (C=O) groups is 1. The van der Waals surface area contributed by atoms with E-state index in [2.05, 4.69) is 10.1 Å². The summed E-state index contributed by atoms with van der Waals surface area (Å²) in [6, 6.07) is 11.8. The number of carbonyl (C=O) groups excluding carboxylic acids is 1. The van der Waals surface area contributed by atoms with Crippen LogP contribution in [0, 0.1) is 0 Å². The van der Waals surface area contributed by atoms with E-state index >= 15 is 0 Å². The van der Waals surface area contributed by atoms with E-state index in [1.165, 1.54) is 0 Å². The number of nitrogens with zero attached hydrogens (tertiary/aromatic N) is 2. The largest absolute Gasteiger partial charge is 0.493 e. The summed E-state index contributed by atoms with van der Waals surface area (Å²) in [5.41, 5.74) is 6.33. The van der Waals surface area contributed by atoms with E-state index in [1.54, 1.807) is 56.7 Å². The Labute approximate surface area is 149 Å². The SMILES string of the molecule is COc1ccc(-c2noc(COc3ccc(C(N)=O)cc3)n2)cc1OC. The molecule has 0 radical (unpaired) electrons. The van der Waals surface area contributed by atoms with Gasteiger partial charge in [-0.3, -0.25) is 4.79 Å². The third-order valence-electron chi connectivity index (χ3n) is 3.61. The van der Waals surface area contributed by atoms with E-state index in [9.17, 15) is 4.79 Å². The zero-order valence-corrected chi connectivity index (χ0v) is 14.3. The van der Waals surface area contributed by atoms with Crippen molar-refractivity contribution in [2.45, 2.75) is 6.61 Å². The molecule has 26 heavy (non-hydrogen) atoms. The average molecular weight is 355 g/mol. The van der Waals surface area contributed by atoms with E-state index in [-0.39, 0.29) is 6.61 Å². The fourth-order valence-electron chi connectivity index (χ4n) is 2.27. The van der Waals surface area contributed by atoms with Crippen LogP contribution in [-0.2, 0) is 6.61 Å². The predicted octanol–water partition coefficient (Wildman–Crippen LogP) is 2.43. The molecule has 1 amide bonds. The lowest BCUT2D eigenvalue weighted by Gasteiger charge is -2.07. The number of primary amides is 1. The monoisotopic (exact) mass is 355 g/mol. The second-order valence-electron chi connectivity index (χ2n) is 5.26. The standard InChI is InChI=1S/C18H17N3O5/c1-23-14-8-5-12(9-15(14)24-2)18-20-16(26-21-18)10-25-13-6-3-11(4-7-13)17(19)22/h3-9H,10H2,1-2H3,(H2,19,22). The minimum Gasteiger partial charge on any atom is -0.493 e. The van der Waals surface area contributed by atoms with Crippen LogP contribution in [0.5, 0.6) is 17.2 Å². The lowest BCUT2D eigenvalue weighted by atomic mass is 10.2. The Morgan fingerprint density at radius 1 is 1.08 bits per heavy atom. The second-order valence-corrected chi connectivity index (χ2v) is 5.26. The summed E-state index contributed by atoms with van der Waals surface area (Å²) in [6.07, 6.45) is 0. The molecule has 2 N–H and O–H groups in total. The number of hydrogen-bond acceptors (Lipinski definition) is 7. The van der Waals surface area contributed by atoms with Crippen LogP contribution < -0.4 is 19.9 Å². The highest BCUT2D eigenvalue weighted by atomic mass is 16.5. The fourth-order valence-corrected chi connectivity index (χ4v) is 2.27. The van der Waals surface area contributed by atoms with Gasteiger partial charge in [-0.15, -0.1) is 0 Å². The van der Waals surface area contributed by atoms with Crippen LogP contribution in [0.15, 0.2) is 47.0 Å². The molecule has 0 saturated carbocycles. The van der Waals surface area contributed by atoms with Crippen LogP contribution in [0.2, 0.25) is 0 Å². The van der Waals surface area contributed by atoms with Gasteiger partial charge < -0.3 is 24.5 Å². The van der Waals surface area contributed by atoms with Gasteiger partial charge in [-0.2, -0.15) is 4.98 Å². The molecule has 0 aliphatic rings. The van der Waals surface area contributed by atoms with Crippen molar-refractivity contribution in [2.75, 3.05) is 14.2 Å². The van der Waals surface area contributed by atoms with E-state index in [0.717, 1.165) is 5.56 Å². The summed E-state index contributed by atoms with van der Waals surface area (Å²) < 4.78 is 21.2. The van der Waals surface area contributed by atoms with Gasteiger partial charge in [0.15, 0.2) is 18.1 Å². The van der Waals surface area contributed by atoms with Crippen LogP contribution in [-0.4, -0.2) is 30.3 Å². The Kier molecular flexibility index (Phi) is 5.02. The Morgan fingerprint density at radius 3 is 2.46 bits per heavy atom. The molecule has 3 rings (SSSR count). The lowest BCUT2D eigenvalue weighted by molar-refractivity contribution is 0.1000. The van der Waals surface area contributed by atoms with Crippen molar-refractivity contribution in [3.63, 3.8) is 0 Å². The van der Waals surface area contributed by atoms with Crippen molar-refractivity contribution < 1.29 is 23.5 Å². The quantitative estimate of drug-likeness (QED) is 0.693. The zero-order chi connectivity index (χ0) is 18.5. The Morgan fingerprint density at radius 2 is 1.81 bits per heavy atom. The number of benzene rings is 2. The van der Waals surface area contributed by atoms with E-state index in [1.807, 2.05) is 0 Å². The average Bonchev–Trinajstić information content (AvgIpc) is 3.15. The molecule has 0 spiro atoms. The molecule has 8 heteroatoms. The number of nitrogens with two attached hydrogens (primary N) is 1. The maximum Gasteiger partial charge on any atom is 0.264 e. The molecule has 134 valence electrons. The molecule has 3 aromatic rings. The maximum atomic E-state index is 11.0. The van der Waals surface area contributed by atoms with Crippen LogP contribution in [0.1, 0.15) is 16.2 Å². The number of methoxy groups -OCH3 is 2. The second kappa shape index (κ2) is 7.56. The highest BCUT2D eigenvalue weighted by molar-refractivity contribution is 5.92. The van der Waals surface area contributed by atoms with Crippen LogP contribution in [0.25, 0.3) is 11.4 Å². The molecule has 8 nitrogen and oxygen atoms in total. The highest BCUT2D eigenvalue weighted by Crippen LogP contribution is 2.31. The van der Waals surface area contributed by atoms with Crippen molar-refractivity contribution in [1.29, 1.82) is 0 Å². The first-order valence-corrected chi connectivity index (χ1v) is 7.68. The molecule has 1 heterocycles. The van der Waals surface area contributed by atoms with Gasteiger partial charge in [0, 0.05) is 11.1 Å². The molecule has 0 atom stereocenters. The number of aromatic nitrogens is 2. The van der Waals surface area contributed by atoms with E-state index < -0.39 is 5.91 Å². The molecular formula is C18H17N3O5. The van der Waals surface area contributed by atoms with Gasteiger partial charge in [-0.1, -0.05) is 5.16 Å². The van der Waals surface area contributed by atoms with Crippen molar-refractivity contribution in [1.82, 2.24) is 10.1 Å². The summed E-state index contributed by atoms with van der Waals surface area (Å²) in [5, 5.41) is 3.94. The first-order chi connectivity index (χ1) is 12.6. The molecule has 2 aromatic carbocycles. The van der Waals surface area contributed by atoms with Crippen molar-refractivity contribution >= 4 is 5.91 Å². The van der Waals surface area contributed by atoms with Crippen molar-refractivity contribution in [3.8, 4) is 28.6 Å². The third-order valence-corrected chi connectivity index (χ3v) is 3.61. The Balaban J connectivity index is 1.69. The summed E-state index contributed by atoms with van der Waals surface area (Å²) in [4.78, 5) is 15.3. The molecule has 0 unspecified atom stereocenters. The van der Waals surface area contributed by atoms with Gasteiger partial charge in [0.1, 0.15) is 5.75 Å². The Bertz CT molecular complexity index is 905. The summed E-state index contributed by atoms with van der Waals surface area (Å²) in [7, 11) is 3.12. The summed E-state index contributed by atoms with van der Waals surface area (Å²) >= 11 is 0. The molecular weight excluding hydrogens is 338 g/mol. The minimum absolute atomic E-state index is 0.0935. The van der Waals surface area contributed by atoms with Crippen molar-refractivity contribution in [3.05, 3.63) is 53.9 Å². The van der Waals surface area contributed by atoms with Gasteiger partial charge >= 0.3 is 0 Å².